The topological polar surface area (TPSA) is 88.6 Å². The summed E-state index contributed by atoms with van der Waals surface area (Å²) in [5.41, 5.74) is 6.61. The molecule has 1 aromatic carbocycles. The molecule has 0 unspecified atom stereocenters. The summed E-state index contributed by atoms with van der Waals surface area (Å²) < 4.78 is 0. The van der Waals surface area contributed by atoms with Crippen molar-refractivity contribution in [1.29, 1.82) is 0 Å². The zero-order valence-corrected chi connectivity index (χ0v) is 17.1. The molecule has 2 heterocycles. The van der Waals surface area contributed by atoms with Gasteiger partial charge in [0.25, 0.3) is 0 Å². The van der Waals surface area contributed by atoms with Gasteiger partial charge in [0, 0.05) is 17.0 Å². The Kier molecular flexibility index (Phi) is 6.90. The lowest BCUT2D eigenvalue weighted by atomic mass is 9.93. The SMILES string of the molecule is [C-]#[N+]c1cc(C#Cc2cc(NC(N)=O)c(C(=O)C[C@H]3CCCNC3)s2)ccc1Cl. The van der Waals surface area contributed by atoms with Crippen molar-refractivity contribution in [2.75, 3.05) is 18.4 Å². The fourth-order valence-corrected chi connectivity index (χ4v) is 4.22. The van der Waals surface area contributed by atoms with Gasteiger partial charge in [0.1, 0.15) is 0 Å². The lowest BCUT2D eigenvalue weighted by molar-refractivity contribution is 0.0958. The van der Waals surface area contributed by atoms with Gasteiger partial charge in [-0.3, -0.25) is 4.79 Å². The number of ketones is 1. The Bertz CT molecular complexity index is 1040. The number of thiophene rings is 1. The minimum atomic E-state index is -0.727. The number of anilines is 1. The molecule has 0 saturated carbocycles. The smallest absolute Gasteiger partial charge is 0.316 e. The second-order valence-corrected chi connectivity index (χ2v) is 8.17. The standard InChI is InChI=1S/C21H19ClN4O2S/c1-24-17-9-13(5-7-16(17)22)4-6-15-11-18(26-21(23)28)20(29-15)19(27)10-14-3-2-8-25-12-14/h5,7,9,11,14,25H,2-3,8,10,12H2,(H3,23,26,28)/t14-/m1/s1. The molecule has 1 aliphatic heterocycles. The van der Waals surface area contributed by atoms with E-state index in [9.17, 15) is 9.59 Å². The minimum Gasteiger partial charge on any atom is -0.351 e. The third-order valence-electron chi connectivity index (χ3n) is 4.51. The van der Waals surface area contributed by atoms with Gasteiger partial charge < -0.3 is 16.4 Å². The summed E-state index contributed by atoms with van der Waals surface area (Å²) in [6.07, 6.45) is 2.48. The van der Waals surface area contributed by atoms with E-state index in [-0.39, 0.29) is 11.7 Å². The van der Waals surface area contributed by atoms with Crippen LogP contribution in [0.25, 0.3) is 4.85 Å². The number of rotatable bonds is 4. The summed E-state index contributed by atoms with van der Waals surface area (Å²) in [7, 11) is 0. The predicted molar refractivity (Wildman–Crippen MR) is 116 cm³/mol. The zero-order chi connectivity index (χ0) is 20.8. The van der Waals surface area contributed by atoms with Crippen molar-refractivity contribution in [1.82, 2.24) is 5.32 Å². The van der Waals surface area contributed by atoms with Crippen molar-refractivity contribution in [2.24, 2.45) is 11.7 Å². The molecule has 1 atom stereocenters. The number of hydrogen-bond acceptors (Lipinski definition) is 4. The molecule has 0 radical (unpaired) electrons. The first-order valence-corrected chi connectivity index (χ1v) is 10.3. The van der Waals surface area contributed by atoms with Crippen LogP contribution in [0.4, 0.5) is 16.2 Å². The fourth-order valence-electron chi connectivity index (χ4n) is 3.15. The Hall–Kier alpha value is -2.84. The van der Waals surface area contributed by atoms with Gasteiger partial charge in [-0.2, -0.15) is 0 Å². The number of carbonyl (C=O) groups excluding carboxylic acids is 2. The van der Waals surface area contributed by atoms with E-state index in [0.29, 0.717) is 38.1 Å². The molecule has 6 nitrogen and oxygen atoms in total. The van der Waals surface area contributed by atoms with Crippen LogP contribution in [0.5, 0.6) is 0 Å². The first kappa shape index (κ1) is 20.9. The zero-order valence-electron chi connectivity index (χ0n) is 15.5. The van der Waals surface area contributed by atoms with Crippen molar-refractivity contribution in [3.63, 3.8) is 0 Å². The van der Waals surface area contributed by atoms with Gasteiger partial charge in [-0.15, -0.1) is 11.3 Å². The lowest BCUT2D eigenvalue weighted by Gasteiger charge is -2.21. The van der Waals surface area contributed by atoms with Gasteiger partial charge >= 0.3 is 6.03 Å². The highest BCUT2D eigenvalue weighted by Crippen LogP contribution is 2.30. The molecule has 1 saturated heterocycles. The summed E-state index contributed by atoms with van der Waals surface area (Å²) in [6, 6.07) is 5.89. The number of Topliss-reactive ketones (excluding diaryl/α,β-unsaturated/α-hetero) is 1. The Morgan fingerprint density at radius 1 is 1.38 bits per heavy atom. The second-order valence-electron chi connectivity index (χ2n) is 6.71. The normalized spacial score (nSPS) is 15.7. The highest BCUT2D eigenvalue weighted by molar-refractivity contribution is 7.15. The summed E-state index contributed by atoms with van der Waals surface area (Å²) in [5.74, 6) is 6.22. The average molecular weight is 427 g/mol. The summed E-state index contributed by atoms with van der Waals surface area (Å²) in [5, 5.41) is 6.20. The first-order chi connectivity index (χ1) is 14.0. The Labute approximate surface area is 178 Å². The molecule has 148 valence electrons. The van der Waals surface area contributed by atoms with Crippen LogP contribution in [0.3, 0.4) is 0 Å². The number of carbonyl (C=O) groups is 2. The number of nitrogens with two attached hydrogens (primary N) is 1. The molecule has 1 fully saturated rings. The van der Waals surface area contributed by atoms with Gasteiger partial charge in [0.05, 0.1) is 22.0 Å². The predicted octanol–water partition coefficient (Wildman–Crippen LogP) is 4.42. The number of benzene rings is 1. The highest BCUT2D eigenvalue weighted by Gasteiger charge is 2.22. The average Bonchev–Trinajstić information content (AvgIpc) is 3.10. The first-order valence-electron chi connectivity index (χ1n) is 9.09. The van der Waals surface area contributed by atoms with Crippen molar-refractivity contribution in [3.05, 3.63) is 56.0 Å². The van der Waals surface area contributed by atoms with Crippen LogP contribution in [0.2, 0.25) is 5.02 Å². The van der Waals surface area contributed by atoms with Gasteiger partial charge in [0.15, 0.2) is 5.78 Å². The molecule has 1 aliphatic rings. The quantitative estimate of drug-likeness (QED) is 0.384. The number of amides is 2. The molecular formula is C21H19ClN4O2S. The van der Waals surface area contributed by atoms with E-state index in [0.717, 1.165) is 25.9 Å². The van der Waals surface area contributed by atoms with Crippen LogP contribution in [-0.2, 0) is 0 Å². The van der Waals surface area contributed by atoms with Gasteiger partial charge in [-0.05, 0) is 50.0 Å². The van der Waals surface area contributed by atoms with Gasteiger partial charge in [-0.25, -0.2) is 9.64 Å². The van der Waals surface area contributed by atoms with Crippen LogP contribution in [0.15, 0.2) is 24.3 Å². The largest absolute Gasteiger partial charge is 0.351 e. The maximum Gasteiger partial charge on any atom is 0.316 e. The van der Waals surface area contributed by atoms with E-state index >= 15 is 0 Å². The maximum absolute atomic E-state index is 12.8. The van der Waals surface area contributed by atoms with Gasteiger partial charge in [0.2, 0.25) is 5.69 Å². The van der Waals surface area contributed by atoms with Crippen LogP contribution in [0.1, 0.15) is 39.4 Å². The molecule has 2 amide bonds. The van der Waals surface area contributed by atoms with Crippen molar-refractivity contribution in [3.8, 4) is 11.8 Å². The Balaban J connectivity index is 1.84. The number of primary amides is 1. The Morgan fingerprint density at radius 3 is 2.90 bits per heavy atom. The molecule has 29 heavy (non-hydrogen) atoms. The van der Waals surface area contributed by atoms with Crippen molar-refractivity contribution >= 4 is 46.1 Å². The highest BCUT2D eigenvalue weighted by atomic mass is 35.5. The number of piperidine rings is 1. The maximum atomic E-state index is 12.8. The third kappa shape index (κ3) is 5.58. The fraction of sp³-hybridized carbons (Fsp3) is 0.286. The molecule has 3 rings (SSSR count). The van der Waals surface area contributed by atoms with E-state index in [4.69, 9.17) is 23.9 Å². The monoisotopic (exact) mass is 426 g/mol. The van der Waals surface area contributed by atoms with E-state index in [1.54, 1.807) is 24.3 Å². The number of nitrogens with one attached hydrogen (secondary N) is 2. The summed E-state index contributed by atoms with van der Waals surface area (Å²) >= 11 is 7.18. The molecule has 2 aromatic rings. The number of halogens is 1. The van der Waals surface area contributed by atoms with Crippen LogP contribution in [-0.4, -0.2) is 24.9 Å². The molecular weight excluding hydrogens is 408 g/mol. The van der Waals surface area contributed by atoms with Crippen molar-refractivity contribution in [2.45, 2.75) is 19.3 Å². The molecule has 4 N–H and O–H groups in total. The second kappa shape index (κ2) is 9.58. The molecule has 8 heteroatoms. The van der Waals surface area contributed by atoms with Crippen LogP contribution >= 0.6 is 22.9 Å². The summed E-state index contributed by atoms with van der Waals surface area (Å²) in [6.45, 7) is 8.93. The molecule has 0 bridgehead atoms. The van der Waals surface area contributed by atoms with Crippen molar-refractivity contribution < 1.29 is 9.59 Å². The van der Waals surface area contributed by atoms with E-state index in [2.05, 4.69) is 27.3 Å². The number of urea groups is 1. The summed E-state index contributed by atoms with van der Waals surface area (Å²) in [4.78, 5) is 28.6. The lowest BCUT2D eigenvalue weighted by Crippen LogP contribution is -2.31. The van der Waals surface area contributed by atoms with E-state index in [1.165, 1.54) is 11.3 Å². The molecule has 0 aliphatic carbocycles. The number of hydrogen-bond donors (Lipinski definition) is 3. The molecule has 0 spiro atoms. The third-order valence-corrected chi connectivity index (χ3v) is 5.92. The minimum absolute atomic E-state index is 0.0257. The Morgan fingerprint density at radius 2 is 2.21 bits per heavy atom. The van der Waals surface area contributed by atoms with E-state index < -0.39 is 6.03 Å². The number of nitrogens with zero attached hydrogens (tertiary/aromatic N) is 1. The van der Waals surface area contributed by atoms with Crippen LogP contribution < -0.4 is 16.4 Å². The van der Waals surface area contributed by atoms with Gasteiger partial charge in [-0.1, -0.05) is 29.5 Å². The van der Waals surface area contributed by atoms with Crippen LogP contribution in [0, 0.1) is 24.3 Å². The molecule has 1 aromatic heterocycles. The van der Waals surface area contributed by atoms with E-state index in [1.807, 2.05) is 0 Å².